The average molecular weight is 824 g/mol. The molecule has 6 aromatic heterocycles. The molecule has 0 bridgehead atoms. The molecule has 0 amide bonds. The topological polar surface area (TPSA) is 56.5 Å². The SMILES string of the molecule is CC1(F)CCC(F)(F)c2ncc3c(c21)c1cc2c(oc4c(-c5ccccc5)c5c(oc6ccccc65)c(-c5ccccc5)c42)c2c4c5c(ncc4n3c12)C(F)(F)CCC5(F)F. The summed E-state index contributed by atoms with van der Waals surface area (Å²) in [6.45, 7) is 1.25. The summed E-state index contributed by atoms with van der Waals surface area (Å²) in [5.41, 5.74) is -0.573. The maximum Gasteiger partial charge on any atom is 0.290 e. The van der Waals surface area contributed by atoms with Crippen molar-refractivity contribution < 1.29 is 39.6 Å². The molecule has 6 heterocycles. The summed E-state index contributed by atoms with van der Waals surface area (Å²) in [7, 11) is 0. The van der Waals surface area contributed by atoms with Crippen molar-refractivity contribution in [1.82, 2.24) is 14.4 Å². The first-order chi connectivity index (χ1) is 29.3. The molecule has 5 nitrogen and oxygen atoms in total. The molecule has 12 heteroatoms. The van der Waals surface area contributed by atoms with Crippen molar-refractivity contribution >= 4 is 82.0 Å². The van der Waals surface area contributed by atoms with Gasteiger partial charge in [-0.1, -0.05) is 78.9 Å². The maximum atomic E-state index is 17.0. The molecule has 61 heavy (non-hydrogen) atoms. The number of aromatic nitrogens is 3. The predicted octanol–water partition coefficient (Wildman–Crippen LogP) is 14.8. The van der Waals surface area contributed by atoms with Gasteiger partial charge in [0.15, 0.2) is 0 Å². The number of pyridine rings is 2. The third-order valence-corrected chi connectivity index (χ3v) is 13.2. The largest absolute Gasteiger partial charge is 0.455 e. The fraction of sp³-hybridized carbons (Fsp3) is 0.184. The first kappa shape index (κ1) is 35.1. The molecule has 2 aliphatic rings. The highest BCUT2D eigenvalue weighted by atomic mass is 19.3. The summed E-state index contributed by atoms with van der Waals surface area (Å²) in [5, 5.41) is 2.62. The number of hydrogen-bond acceptors (Lipinski definition) is 4. The van der Waals surface area contributed by atoms with Crippen LogP contribution in [0.3, 0.4) is 0 Å². The second-order valence-electron chi connectivity index (χ2n) is 16.7. The number of alkyl halides is 7. The monoisotopic (exact) mass is 823 g/mol. The molecule has 300 valence electrons. The smallest absolute Gasteiger partial charge is 0.290 e. The number of fused-ring (bicyclic) bond motifs is 17. The van der Waals surface area contributed by atoms with E-state index in [-0.39, 0.29) is 49.2 Å². The molecule has 5 aromatic carbocycles. The van der Waals surface area contributed by atoms with Crippen LogP contribution in [-0.4, -0.2) is 14.4 Å². The summed E-state index contributed by atoms with van der Waals surface area (Å²) in [5.74, 6) is -10.9. The van der Waals surface area contributed by atoms with Crippen molar-refractivity contribution in [3.8, 4) is 22.3 Å². The molecular formula is C49H28F7N3O2. The van der Waals surface area contributed by atoms with Gasteiger partial charge in [0.2, 0.25) is 0 Å². The number of nitrogens with zero attached hydrogens (tertiary/aromatic N) is 3. The number of rotatable bonds is 2. The molecular weight excluding hydrogens is 796 g/mol. The van der Waals surface area contributed by atoms with E-state index in [4.69, 9.17) is 8.83 Å². The van der Waals surface area contributed by atoms with Crippen LogP contribution in [-0.2, 0) is 23.4 Å². The Morgan fingerprint density at radius 1 is 0.508 bits per heavy atom. The second kappa shape index (κ2) is 11.2. The van der Waals surface area contributed by atoms with Gasteiger partial charge >= 0.3 is 0 Å². The molecule has 0 radical (unpaired) electrons. The lowest BCUT2D eigenvalue weighted by molar-refractivity contribution is -0.0976. The van der Waals surface area contributed by atoms with E-state index in [0.717, 1.165) is 28.1 Å². The van der Waals surface area contributed by atoms with Gasteiger partial charge in [0, 0.05) is 73.7 Å². The molecule has 13 rings (SSSR count). The van der Waals surface area contributed by atoms with Gasteiger partial charge in [-0.25, -0.2) is 13.2 Å². The van der Waals surface area contributed by atoms with Gasteiger partial charge in [-0.2, -0.15) is 17.6 Å². The minimum atomic E-state index is -3.74. The maximum absolute atomic E-state index is 17.0. The summed E-state index contributed by atoms with van der Waals surface area (Å²) in [4.78, 5) is 8.18. The number of para-hydroxylation sites is 1. The zero-order chi connectivity index (χ0) is 41.5. The van der Waals surface area contributed by atoms with Crippen LogP contribution in [0.5, 0.6) is 0 Å². The van der Waals surface area contributed by atoms with E-state index in [0.29, 0.717) is 38.6 Å². The summed E-state index contributed by atoms with van der Waals surface area (Å²) in [6, 6.07) is 28.2. The van der Waals surface area contributed by atoms with Gasteiger partial charge in [0.1, 0.15) is 39.4 Å². The molecule has 0 fully saturated rings. The van der Waals surface area contributed by atoms with E-state index >= 15 is 30.7 Å². The minimum absolute atomic E-state index is 0.00952. The lowest BCUT2D eigenvalue weighted by Gasteiger charge is -2.33. The Balaban J connectivity index is 1.36. The summed E-state index contributed by atoms with van der Waals surface area (Å²) < 4.78 is 129. The second-order valence-corrected chi connectivity index (χ2v) is 16.7. The third kappa shape index (κ3) is 4.32. The molecule has 1 atom stereocenters. The van der Waals surface area contributed by atoms with E-state index in [1.165, 1.54) is 17.5 Å². The fourth-order valence-corrected chi connectivity index (χ4v) is 10.6. The van der Waals surface area contributed by atoms with Crippen LogP contribution in [0.1, 0.15) is 55.1 Å². The Kier molecular flexibility index (Phi) is 6.42. The van der Waals surface area contributed by atoms with Crippen molar-refractivity contribution in [3.63, 3.8) is 0 Å². The Morgan fingerprint density at radius 3 is 1.72 bits per heavy atom. The van der Waals surface area contributed by atoms with Crippen LogP contribution in [0.15, 0.2) is 112 Å². The molecule has 11 aromatic rings. The molecule has 1 unspecified atom stereocenters. The summed E-state index contributed by atoms with van der Waals surface area (Å²) in [6.07, 6.45) is -1.20. The molecule has 0 saturated heterocycles. The molecule has 0 saturated carbocycles. The quantitative estimate of drug-likeness (QED) is 0.163. The van der Waals surface area contributed by atoms with Gasteiger partial charge in [-0.3, -0.25) is 9.97 Å². The lowest BCUT2D eigenvalue weighted by atomic mass is 9.80. The highest BCUT2D eigenvalue weighted by Gasteiger charge is 2.53. The average Bonchev–Trinajstić information content (AvgIpc) is 4.00. The van der Waals surface area contributed by atoms with Crippen LogP contribution in [0.25, 0.3) is 104 Å². The van der Waals surface area contributed by atoms with Crippen molar-refractivity contribution in [2.24, 2.45) is 0 Å². The number of benzene rings is 5. The van der Waals surface area contributed by atoms with Crippen LogP contribution in [0.4, 0.5) is 30.7 Å². The molecule has 0 spiro atoms. The highest BCUT2D eigenvalue weighted by Crippen LogP contribution is 2.59. The number of furan rings is 2. The first-order valence-corrected chi connectivity index (χ1v) is 20.0. The highest BCUT2D eigenvalue weighted by molar-refractivity contribution is 6.37. The van der Waals surface area contributed by atoms with Crippen molar-refractivity contribution in [2.45, 2.75) is 56.0 Å². The van der Waals surface area contributed by atoms with Gasteiger partial charge in [0.25, 0.3) is 17.8 Å². The number of hydrogen-bond donors (Lipinski definition) is 0. The molecule has 2 aliphatic carbocycles. The first-order valence-electron chi connectivity index (χ1n) is 20.0. The normalized spacial score (nSPS) is 19.7. The summed E-state index contributed by atoms with van der Waals surface area (Å²) >= 11 is 0. The Morgan fingerprint density at radius 2 is 1.05 bits per heavy atom. The Labute approximate surface area is 339 Å². The van der Waals surface area contributed by atoms with Gasteiger partial charge in [0.05, 0.1) is 39.9 Å². The van der Waals surface area contributed by atoms with Gasteiger partial charge < -0.3 is 13.2 Å². The van der Waals surface area contributed by atoms with E-state index in [1.807, 2.05) is 84.9 Å². The van der Waals surface area contributed by atoms with Gasteiger partial charge in [-0.15, -0.1) is 0 Å². The van der Waals surface area contributed by atoms with Crippen LogP contribution in [0, 0.1) is 0 Å². The van der Waals surface area contributed by atoms with Crippen molar-refractivity contribution in [3.05, 3.63) is 126 Å². The minimum Gasteiger partial charge on any atom is -0.455 e. The third-order valence-electron chi connectivity index (χ3n) is 13.2. The fourth-order valence-electron chi connectivity index (χ4n) is 10.6. The van der Waals surface area contributed by atoms with Crippen LogP contribution >= 0.6 is 0 Å². The van der Waals surface area contributed by atoms with E-state index in [2.05, 4.69) is 9.97 Å². The Hall–Kier alpha value is -6.69. The Bertz CT molecular complexity index is 3720. The van der Waals surface area contributed by atoms with E-state index in [9.17, 15) is 0 Å². The van der Waals surface area contributed by atoms with Crippen molar-refractivity contribution in [1.29, 1.82) is 0 Å². The standard InChI is InChI=1S/C49H28F7N3O2/c1-46(50)16-17-48(53,54)44-38(46)33-26-20-27-35-32(24-12-6-3-7-13-24)42-34(25-14-8-9-15-30(25)60-42)31(23-10-4-2-5-11-23)43(35)61-41(27)37-36-29(59(40(26)37)28(33)21-57-44)22-58-45-39(36)47(51,52)18-19-49(45,55)56/h2-15,20-22H,16-19H2,1H3. The molecule has 0 N–H and O–H groups in total. The zero-order valence-electron chi connectivity index (χ0n) is 31.9. The zero-order valence-corrected chi connectivity index (χ0v) is 31.9. The van der Waals surface area contributed by atoms with Gasteiger partial charge in [-0.05, 0) is 36.6 Å². The number of halogens is 7. The van der Waals surface area contributed by atoms with E-state index in [1.54, 1.807) is 6.07 Å². The van der Waals surface area contributed by atoms with Crippen molar-refractivity contribution in [2.75, 3.05) is 0 Å². The van der Waals surface area contributed by atoms with E-state index < -0.39 is 66.1 Å². The molecule has 0 aliphatic heterocycles. The predicted molar refractivity (Wildman–Crippen MR) is 221 cm³/mol. The van der Waals surface area contributed by atoms with Crippen LogP contribution < -0.4 is 0 Å². The lowest BCUT2D eigenvalue weighted by Crippen LogP contribution is -2.32. The van der Waals surface area contributed by atoms with Crippen LogP contribution in [0.2, 0.25) is 0 Å².